The van der Waals surface area contributed by atoms with Crippen molar-refractivity contribution in [3.63, 3.8) is 0 Å². The molecule has 9 heteroatoms. The minimum Gasteiger partial charge on any atom is -0.487 e. The van der Waals surface area contributed by atoms with Gasteiger partial charge in [0.25, 0.3) is 6.47 Å². The van der Waals surface area contributed by atoms with Crippen molar-refractivity contribution in [2.45, 2.75) is 57.3 Å². The van der Waals surface area contributed by atoms with E-state index in [2.05, 4.69) is 4.74 Å². The van der Waals surface area contributed by atoms with E-state index >= 15 is 0 Å². The quantitative estimate of drug-likeness (QED) is 0.656. The molecule has 0 saturated carbocycles. The van der Waals surface area contributed by atoms with E-state index in [1.165, 1.54) is 12.1 Å². The summed E-state index contributed by atoms with van der Waals surface area (Å²) < 4.78 is 49.8. The van der Waals surface area contributed by atoms with Gasteiger partial charge in [0.05, 0.1) is 5.56 Å². The van der Waals surface area contributed by atoms with Crippen LogP contribution >= 0.6 is 0 Å². The average Bonchev–Trinajstić information content (AvgIpc) is 3.07. The highest BCUT2D eigenvalue weighted by atomic mass is 19.4. The molecule has 31 heavy (non-hydrogen) atoms. The molecule has 0 aliphatic carbocycles. The zero-order valence-corrected chi connectivity index (χ0v) is 17.8. The van der Waals surface area contributed by atoms with Gasteiger partial charge in [0.1, 0.15) is 18.0 Å². The monoisotopic (exact) mass is 442 g/mol. The third-order valence-electron chi connectivity index (χ3n) is 6.40. The van der Waals surface area contributed by atoms with Crippen molar-refractivity contribution >= 4 is 12.4 Å². The van der Waals surface area contributed by atoms with Crippen LogP contribution < -0.4 is 10.5 Å². The molecule has 2 aliphatic rings. The maximum Gasteiger partial charge on any atom is 0.416 e. The van der Waals surface area contributed by atoms with Gasteiger partial charge in [-0.15, -0.1) is 0 Å². The van der Waals surface area contributed by atoms with Crippen LogP contribution in [0.4, 0.5) is 13.2 Å². The number of ether oxygens (including phenoxy) is 2. The highest BCUT2D eigenvalue weighted by Crippen LogP contribution is 2.44. The second kappa shape index (κ2) is 9.06. The molecule has 2 aliphatic heterocycles. The van der Waals surface area contributed by atoms with Crippen LogP contribution in [0.5, 0.6) is 5.75 Å². The molecule has 3 atom stereocenters. The van der Waals surface area contributed by atoms with Gasteiger partial charge >= 0.3 is 6.18 Å². The second-order valence-corrected chi connectivity index (χ2v) is 8.84. The molecular weight excluding hydrogens is 413 g/mol. The molecule has 3 rings (SSSR count). The summed E-state index contributed by atoms with van der Waals surface area (Å²) in [6, 6.07) is 3.24. The zero-order valence-electron chi connectivity index (χ0n) is 17.8. The minimum atomic E-state index is -4.38. The molecule has 1 saturated heterocycles. The fourth-order valence-electron chi connectivity index (χ4n) is 4.69. The fourth-order valence-corrected chi connectivity index (χ4v) is 4.69. The zero-order chi connectivity index (χ0) is 22.8. The van der Waals surface area contributed by atoms with E-state index in [9.17, 15) is 22.8 Å². The number of carbonyl (C=O) groups is 2. The molecule has 2 N–H and O–H groups in total. The number of hydrogen-bond donors (Lipinski definition) is 1. The van der Waals surface area contributed by atoms with Crippen LogP contribution in [-0.2, 0) is 26.9 Å². The van der Waals surface area contributed by atoms with E-state index in [0.717, 1.165) is 18.9 Å². The Kier molecular flexibility index (Phi) is 6.83. The molecule has 172 valence electrons. The summed E-state index contributed by atoms with van der Waals surface area (Å²) in [5, 5.41) is 0. The summed E-state index contributed by atoms with van der Waals surface area (Å²) in [6.07, 6.45) is -2.10. The molecule has 0 spiro atoms. The van der Waals surface area contributed by atoms with Gasteiger partial charge in [-0.1, -0.05) is 6.92 Å². The van der Waals surface area contributed by atoms with E-state index < -0.39 is 23.4 Å². The molecule has 0 aromatic heterocycles. The summed E-state index contributed by atoms with van der Waals surface area (Å²) in [5.74, 6) is 0.367. The number of halogens is 3. The van der Waals surface area contributed by atoms with Crippen molar-refractivity contribution in [3.05, 3.63) is 29.3 Å². The first-order valence-corrected chi connectivity index (χ1v) is 10.5. The average molecular weight is 442 g/mol. The van der Waals surface area contributed by atoms with Crippen molar-refractivity contribution < 1.29 is 32.2 Å². The van der Waals surface area contributed by atoms with Crippen LogP contribution in [0.2, 0.25) is 0 Å². The lowest BCUT2D eigenvalue weighted by Gasteiger charge is -2.40. The number of fused-ring (bicyclic) bond motifs is 1. The smallest absolute Gasteiger partial charge is 0.416 e. The molecular formula is C22H29F3N2O4. The molecule has 6 nitrogen and oxygen atoms in total. The van der Waals surface area contributed by atoms with E-state index in [1.807, 2.05) is 18.7 Å². The van der Waals surface area contributed by atoms with Gasteiger partial charge in [-0.25, -0.2) is 0 Å². The largest absolute Gasteiger partial charge is 0.487 e. The molecule has 1 aromatic rings. The third-order valence-corrected chi connectivity index (χ3v) is 6.40. The molecule has 0 radical (unpaired) electrons. The Hall–Kier alpha value is -2.29. The van der Waals surface area contributed by atoms with Gasteiger partial charge in [-0.3, -0.25) is 9.59 Å². The molecule has 1 fully saturated rings. The van der Waals surface area contributed by atoms with Gasteiger partial charge in [0.15, 0.2) is 0 Å². The summed E-state index contributed by atoms with van der Waals surface area (Å²) in [4.78, 5) is 24.8. The fraction of sp³-hybridized carbons (Fsp3) is 0.636. The molecule has 0 bridgehead atoms. The topological polar surface area (TPSA) is 81.9 Å². The van der Waals surface area contributed by atoms with E-state index in [0.29, 0.717) is 43.7 Å². The number of benzene rings is 1. The number of rotatable bonds is 7. The normalized spacial score (nSPS) is 23.6. The van der Waals surface area contributed by atoms with Crippen molar-refractivity contribution in [2.75, 3.05) is 19.7 Å². The van der Waals surface area contributed by atoms with E-state index in [-0.39, 0.29) is 24.3 Å². The SMILES string of the molecule is C[C@@H](C[C@@H](N)COC=O)C(=O)N1CCC(C2(C)Cc3cc(C(F)(F)F)ccc3O2)CC1. The van der Waals surface area contributed by atoms with Gasteiger partial charge in [-0.05, 0) is 49.9 Å². The molecule has 1 amide bonds. The highest BCUT2D eigenvalue weighted by Gasteiger charge is 2.44. The first kappa shape index (κ1) is 23.4. The predicted molar refractivity (Wildman–Crippen MR) is 107 cm³/mol. The number of carbonyl (C=O) groups excluding carboxylic acids is 2. The van der Waals surface area contributed by atoms with Crippen molar-refractivity contribution in [2.24, 2.45) is 17.6 Å². The standard InChI is InChI=1S/C22H29F3N2O4/c1-14(9-18(26)12-30-13-28)20(29)27-7-5-16(6-8-27)21(2)11-15-10-17(22(23,24)25)3-4-19(15)31-21/h3-4,10,13-14,16,18H,5-9,11-12,26H2,1-2H3/t14-,18+,21?/m0/s1. The van der Waals surface area contributed by atoms with E-state index in [1.54, 1.807) is 0 Å². The summed E-state index contributed by atoms with van der Waals surface area (Å²) >= 11 is 0. The lowest BCUT2D eigenvalue weighted by atomic mass is 9.79. The maximum absolute atomic E-state index is 13.0. The Balaban J connectivity index is 1.55. The van der Waals surface area contributed by atoms with Crippen LogP contribution in [0.3, 0.4) is 0 Å². The van der Waals surface area contributed by atoms with E-state index in [4.69, 9.17) is 10.5 Å². The van der Waals surface area contributed by atoms with Gasteiger partial charge in [-0.2, -0.15) is 13.2 Å². The summed E-state index contributed by atoms with van der Waals surface area (Å²) in [5.41, 5.74) is 5.22. The highest BCUT2D eigenvalue weighted by molar-refractivity contribution is 5.78. The summed E-state index contributed by atoms with van der Waals surface area (Å²) in [6.45, 7) is 5.30. The number of nitrogens with zero attached hydrogens (tertiary/aromatic N) is 1. The lowest BCUT2D eigenvalue weighted by Crippen LogP contribution is -2.49. The van der Waals surface area contributed by atoms with Gasteiger partial charge in [0, 0.05) is 37.4 Å². The molecule has 1 aromatic carbocycles. The third kappa shape index (κ3) is 5.31. The Bertz CT molecular complexity index is 808. The van der Waals surface area contributed by atoms with Gasteiger partial charge < -0.3 is 20.1 Å². The number of amides is 1. The number of alkyl halides is 3. The Morgan fingerprint density at radius 2 is 2.06 bits per heavy atom. The number of likely N-dealkylation sites (tertiary alicyclic amines) is 1. The van der Waals surface area contributed by atoms with Crippen LogP contribution in [0.15, 0.2) is 18.2 Å². The Labute approximate surface area is 179 Å². The van der Waals surface area contributed by atoms with Crippen molar-refractivity contribution in [1.29, 1.82) is 0 Å². The van der Waals surface area contributed by atoms with Crippen LogP contribution in [0.25, 0.3) is 0 Å². The van der Waals surface area contributed by atoms with Gasteiger partial charge in [0.2, 0.25) is 5.91 Å². The van der Waals surface area contributed by atoms with Crippen LogP contribution in [-0.4, -0.2) is 48.6 Å². The minimum absolute atomic E-state index is 0.00982. The Morgan fingerprint density at radius 3 is 2.68 bits per heavy atom. The van der Waals surface area contributed by atoms with Crippen LogP contribution in [0, 0.1) is 11.8 Å². The lowest BCUT2D eigenvalue weighted by molar-refractivity contribution is -0.138. The first-order chi connectivity index (χ1) is 14.5. The van der Waals surface area contributed by atoms with Crippen LogP contribution in [0.1, 0.15) is 44.2 Å². The number of hydrogen-bond acceptors (Lipinski definition) is 5. The maximum atomic E-state index is 13.0. The van der Waals surface area contributed by atoms with Crippen molar-refractivity contribution in [3.8, 4) is 5.75 Å². The Morgan fingerprint density at radius 1 is 1.39 bits per heavy atom. The number of nitrogens with two attached hydrogens (primary N) is 1. The molecule has 2 heterocycles. The predicted octanol–water partition coefficient (Wildman–Crippen LogP) is 3.16. The summed E-state index contributed by atoms with van der Waals surface area (Å²) in [7, 11) is 0. The first-order valence-electron chi connectivity index (χ1n) is 10.5. The molecule has 1 unspecified atom stereocenters. The second-order valence-electron chi connectivity index (χ2n) is 8.84. The van der Waals surface area contributed by atoms with Crippen molar-refractivity contribution in [1.82, 2.24) is 4.90 Å². The number of piperidine rings is 1.